The molecular weight excluding hydrogens is 501 g/mol. The summed E-state index contributed by atoms with van der Waals surface area (Å²) in [4.78, 5) is 26.5. The monoisotopic (exact) mass is 521 g/mol. The molecule has 190 valence electrons. The number of halogens is 6. The van der Waals surface area contributed by atoms with Gasteiger partial charge in [0.2, 0.25) is 0 Å². The van der Waals surface area contributed by atoms with Crippen molar-refractivity contribution in [2.45, 2.75) is 25.6 Å². The summed E-state index contributed by atoms with van der Waals surface area (Å²) in [6.45, 7) is 1.04. The fourth-order valence-corrected chi connectivity index (χ4v) is 3.55. The van der Waals surface area contributed by atoms with Crippen molar-refractivity contribution in [3.8, 4) is 5.75 Å². The molecule has 0 saturated carbocycles. The fourth-order valence-electron chi connectivity index (χ4n) is 3.34. The summed E-state index contributed by atoms with van der Waals surface area (Å²) in [7, 11) is 0. The van der Waals surface area contributed by atoms with Gasteiger partial charge in [0.1, 0.15) is 17.4 Å². The third-order valence-electron chi connectivity index (χ3n) is 5.35. The standard InChI is InChI=1S/C22H21ClF5N3O4/c1-11(22(26,27)28)35-18-8-17(29-21(34)31-6-5-12(9-31)10-32)16(25)7-13(18)20(33)30-19-14(23)3-2-4-15(19)24/h2-4,7-8,11-12,32H,5-6,9-10H2,1H3,(H,29,34)(H,30,33)/t11-,12?/m0/s1. The zero-order chi connectivity index (χ0) is 25.9. The first-order valence-corrected chi connectivity index (χ1v) is 10.8. The molecule has 1 aliphatic rings. The average Bonchev–Trinajstić information content (AvgIpc) is 3.27. The van der Waals surface area contributed by atoms with Crippen LogP contribution < -0.4 is 15.4 Å². The molecule has 2 atom stereocenters. The molecule has 0 spiro atoms. The number of hydrogen-bond donors (Lipinski definition) is 3. The van der Waals surface area contributed by atoms with Crippen molar-refractivity contribution in [1.82, 2.24) is 4.90 Å². The highest BCUT2D eigenvalue weighted by atomic mass is 35.5. The van der Waals surface area contributed by atoms with E-state index in [1.54, 1.807) is 0 Å². The average molecular weight is 522 g/mol. The molecule has 3 amide bonds. The van der Waals surface area contributed by atoms with E-state index in [0.29, 0.717) is 19.4 Å². The third kappa shape index (κ3) is 6.31. The number of carbonyl (C=O) groups is 2. The molecule has 0 aromatic heterocycles. The molecule has 2 aromatic rings. The van der Waals surface area contributed by atoms with Gasteiger partial charge in [-0.25, -0.2) is 13.6 Å². The maximum Gasteiger partial charge on any atom is 0.425 e. The summed E-state index contributed by atoms with van der Waals surface area (Å²) >= 11 is 5.87. The van der Waals surface area contributed by atoms with Crippen molar-refractivity contribution in [3.05, 3.63) is 52.6 Å². The summed E-state index contributed by atoms with van der Waals surface area (Å²) in [5.74, 6) is -4.11. The highest BCUT2D eigenvalue weighted by Gasteiger charge is 2.39. The molecule has 2 aromatic carbocycles. The Hall–Kier alpha value is -3.12. The summed E-state index contributed by atoms with van der Waals surface area (Å²) in [5.41, 5.74) is -1.68. The van der Waals surface area contributed by atoms with E-state index < -0.39 is 58.5 Å². The fraction of sp³-hybridized carbons (Fsp3) is 0.364. The molecule has 7 nitrogen and oxygen atoms in total. The van der Waals surface area contributed by atoms with E-state index in [0.717, 1.165) is 12.1 Å². The minimum absolute atomic E-state index is 0.138. The van der Waals surface area contributed by atoms with E-state index in [9.17, 15) is 36.6 Å². The predicted octanol–water partition coefficient (Wildman–Crippen LogP) is 5.05. The van der Waals surface area contributed by atoms with Gasteiger partial charge >= 0.3 is 12.2 Å². The van der Waals surface area contributed by atoms with Crippen LogP contribution in [0.5, 0.6) is 5.75 Å². The molecule has 1 heterocycles. The van der Waals surface area contributed by atoms with Crippen LogP contribution in [-0.2, 0) is 0 Å². The zero-order valence-electron chi connectivity index (χ0n) is 18.3. The van der Waals surface area contributed by atoms with Crippen molar-refractivity contribution in [2.24, 2.45) is 5.92 Å². The second-order valence-corrected chi connectivity index (χ2v) is 8.30. The number of alkyl halides is 3. The van der Waals surface area contributed by atoms with E-state index in [1.807, 2.05) is 0 Å². The van der Waals surface area contributed by atoms with E-state index in [2.05, 4.69) is 10.6 Å². The number of benzene rings is 2. The van der Waals surface area contributed by atoms with Crippen LogP contribution in [0.4, 0.5) is 38.1 Å². The molecule has 13 heteroatoms. The Kier molecular flexibility index (Phi) is 8.06. The maximum atomic E-state index is 14.8. The van der Waals surface area contributed by atoms with Crippen LogP contribution >= 0.6 is 11.6 Å². The number of rotatable bonds is 6. The number of ether oxygens (including phenoxy) is 1. The number of para-hydroxylation sites is 1. The number of nitrogens with one attached hydrogen (secondary N) is 2. The Morgan fingerprint density at radius 1 is 1.23 bits per heavy atom. The van der Waals surface area contributed by atoms with Crippen molar-refractivity contribution in [3.63, 3.8) is 0 Å². The van der Waals surface area contributed by atoms with Gasteiger partial charge in [-0.05, 0) is 31.5 Å². The van der Waals surface area contributed by atoms with Crippen molar-refractivity contribution in [1.29, 1.82) is 0 Å². The van der Waals surface area contributed by atoms with Gasteiger partial charge in [0.25, 0.3) is 5.91 Å². The summed E-state index contributed by atoms with van der Waals surface area (Å²) in [6.07, 6.45) is -6.69. The zero-order valence-corrected chi connectivity index (χ0v) is 19.0. The van der Waals surface area contributed by atoms with Crippen molar-refractivity contribution in [2.75, 3.05) is 30.3 Å². The largest absolute Gasteiger partial charge is 0.480 e. The van der Waals surface area contributed by atoms with E-state index in [-0.39, 0.29) is 30.6 Å². The lowest BCUT2D eigenvalue weighted by Gasteiger charge is -2.22. The number of anilines is 2. The molecule has 3 N–H and O–H groups in total. The number of nitrogens with zero attached hydrogens (tertiary/aromatic N) is 1. The number of aliphatic hydroxyl groups is 1. The number of hydrogen-bond acceptors (Lipinski definition) is 4. The highest BCUT2D eigenvalue weighted by molar-refractivity contribution is 6.34. The highest BCUT2D eigenvalue weighted by Crippen LogP contribution is 2.33. The lowest BCUT2D eigenvalue weighted by molar-refractivity contribution is -0.189. The van der Waals surface area contributed by atoms with Gasteiger partial charge in [0.15, 0.2) is 6.10 Å². The quantitative estimate of drug-likeness (QED) is 0.464. The van der Waals surface area contributed by atoms with Gasteiger partial charge in [0.05, 0.1) is 22.0 Å². The topological polar surface area (TPSA) is 90.9 Å². The Labute approximate surface area is 201 Å². The number of carbonyl (C=O) groups excluding carboxylic acids is 2. The van der Waals surface area contributed by atoms with Gasteiger partial charge in [-0.3, -0.25) is 4.79 Å². The Morgan fingerprint density at radius 2 is 1.94 bits per heavy atom. The normalized spacial score (nSPS) is 16.7. The third-order valence-corrected chi connectivity index (χ3v) is 5.67. The molecular formula is C22H21ClF5N3O4. The SMILES string of the molecule is C[C@H](Oc1cc(NC(=O)N2CCC(CO)C2)c(F)cc1C(=O)Nc1c(F)cccc1Cl)C(F)(F)F. The van der Waals surface area contributed by atoms with Crippen LogP contribution in [0, 0.1) is 17.6 Å². The van der Waals surface area contributed by atoms with Gasteiger partial charge in [0, 0.05) is 31.7 Å². The minimum Gasteiger partial charge on any atom is -0.480 e. The molecule has 0 aliphatic carbocycles. The van der Waals surface area contributed by atoms with Crippen LogP contribution in [0.25, 0.3) is 0 Å². The van der Waals surface area contributed by atoms with Crippen LogP contribution in [0.3, 0.4) is 0 Å². The van der Waals surface area contributed by atoms with Crippen LogP contribution in [-0.4, -0.2) is 53.9 Å². The molecule has 3 rings (SSSR count). The second-order valence-electron chi connectivity index (χ2n) is 7.89. The minimum atomic E-state index is -4.82. The number of aliphatic hydroxyl groups excluding tert-OH is 1. The van der Waals surface area contributed by atoms with Crippen molar-refractivity contribution >= 4 is 34.9 Å². The number of amides is 3. The lowest BCUT2D eigenvalue weighted by Crippen LogP contribution is -2.34. The first-order chi connectivity index (χ1) is 16.4. The Bertz CT molecular complexity index is 1090. The van der Waals surface area contributed by atoms with Crippen LogP contribution in [0.1, 0.15) is 23.7 Å². The van der Waals surface area contributed by atoms with Gasteiger partial charge in [-0.15, -0.1) is 0 Å². The molecule has 0 radical (unpaired) electrons. The van der Waals surface area contributed by atoms with Gasteiger partial charge in [-0.1, -0.05) is 17.7 Å². The Balaban J connectivity index is 1.93. The van der Waals surface area contributed by atoms with E-state index in [4.69, 9.17) is 16.3 Å². The van der Waals surface area contributed by atoms with Gasteiger partial charge < -0.3 is 25.4 Å². The second kappa shape index (κ2) is 10.6. The number of urea groups is 1. The van der Waals surface area contributed by atoms with Gasteiger partial charge in [-0.2, -0.15) is 13.2 Å². The van der Waals surface area contributed by atoms with E-state index >= 15 is 0 Å². The molecule has 35 heavy (non-hydrogen) atoms. The molecule has 1 fully saturated rings. The van der Waals surface area contributed by atoms with E-state index in [1.165, 1.54) is 17.0 Å². The van der Waals surface area contributed by atoms with Crippen LogP contribution in [0.15, 0.2) is 30.3 Å². The number of likely N-dealkylation sites (tertiary alicyclic amines) is 1. The first kappa shape index (κ1) is 26.5. The van der Waals surface area contributed by atoms with Crippen LogP contribution in [0.2, 0.25) is 5.02 Å². The molecule has 1 unspecified atom stereocenters. The molecule has 1 aliphatic heterocycles. The lowest BCUT2D eigenvalue weighted by atomic mass is 10.1. The summed E-state index contributed by atoms with van der Waals surface area (Å²) < 4.78 is 73.1. The Morgan fingerprint density at radius 3 is 2.54 bits per heavy atom. The predicted molar refractivity (Wildman–Crippen MR) is 118 cm³/mol. The summed E-state index contributed by atoms with van der Waals surface area (Å²) in [6, 6.07) is 4.09. The molecule has 1 saturated heterocycles. The van der Waals surface area contributed by atoms with Crippen molar-refractivity contribution < 1.29 is 41.4 Å². The first-order valence-electron chi connectivity index (χ1n) is 10.4. The summed E-state index contributed by atoms with van der Waals surface area (Å²) in [5, 5.41) is 13.4. The maximum absolute atomic E-state index is 14.8. The smallest absolute Gasteiger partial charge is 0.425 e. The molecule has 0 bridgehead atoms.